The molecule has 0 amide bonds. The van der Waals surface area contributed by atoms with Crippen LogP contribution >= 0.6 is 0 Å². The summed E-state index contributed by atoms with van der Waals surface area (Å²) in [6.45, 7) is 0. The van der Waals surface area contributed by atoms with Crippen LogP contribution < -0.4 is 9.80 Å². The summed E-state index contributed by atoms with van der Waals surface area (Å²) in [5, 5.41) is 4.74. The molecule has 9 aromatic rings. The van der Waals surface area contributed by atoms with E-state index in [0.29, 0.717) is 0 Å². The summed E-state index contributed by atoms with van der Waals surface area (Å²) >= 11 is 0. The Morgan fingerprint density at radius 2 is 1.07 bits per heavy atom. The van der Waals surface area contributed by atoms with Gasteiger partial charge >= 0.3 is 0 Å². The van der Waals surface area contributed by atoms with Gasteiger partial charge in [-0.2, -0.15) is 0 Å². The van der Waals surface area contributed by atoms with Gasteiger partial charge in [-0.1, -0.05) is 146 Å². The normalized spacial score (nSPS) is 15.8. The molecule has 2 atom stereocenters. The molecule has 3 heteroatoms. The van der Waals surface area contributed by atoms with Crippen molar-refractivity contribution in [2.45, 2.75) is 12.0 Å². The minimum atomic E-state index is 0.229. The average molecular weight is 705 g/mol. The Bertz CT molecular complexity index is 2920. The van der Waals surface area contributed by atoms with Crippen LogP contribution in [0.25, 0.3) is 55.0 Å². The maximum atomic E-state index is 6.38. The van der Waals surface area contributed by atoms with E-state index in [1.165, 1.54) is 50.0 Å². The number of anilines is 5. The minimum absolute atomic E-state index is 0.229. The Balaban J connectivity index is 1.06. The number of hydrogen-bond acceptors (Lipinski definition) is 3. The van der Waals surface area contributed by atoms with E-state index in [1.54, 1.807) is 0 Å². The van der Waals surface area contributed by atoms with Crippen molar-refractivity contribution in [2.24, 2.45) is 0 Å². The first-order valence-electron chi connectivity index (χ1n) is 19.0. The average Bonchev–Trinajstić information content (AvgIpc) is 3.81. The van der Waals surface area contributed by atoms with Crippen LogP contribution in [0.2, 0.25) is 0 Å². The summed E-state index contributed by atoms with van der Waals surface area (Å²) < 4.78 is 6.38. The highest BCUT2D eigenvalue weighted by Crippen LogP contribution is 2.53. The van der Waals surface area contributed by atoms with Crippen LogP contribution in [0.1, 0.15) is 11.5 Å². The van der Waals surface area contributed by atoms with Gasteiger partial charge in [0.15, 0.2) is 0 Å². The van der Waals surface area contributed by atoms with Gasteiger partial charge in [0.05, 0.1) is 22.8 Å². The van der Waals surface area contributed by atoms with Gasteiger partial charge in [-0.15, -0.1) is 0 Å². The molecule has 55 heavy (non-hydrogen) atoms. The number of para-hydroxylation sites is 2. The second-order valence-electron chi connectivity index (χ2n) is 14.4. The molecule has 2 unspecified atom stereocenters. The molecule has 1 aliphatic heterocycles. The van der Waals surface area contributed by atoms with E-state index < -0.39 is 0 Å². The number of benzene rings is 8. The molecule has 0 radical (unpaired) electrons. The molecule has 2 aliphatic rings. The van der Waals surface area contributed by atoms with Crippen molar-refractivity contribution in [3.8, 4) is 22.3 Å². The third-order valence-corrected chi connectivity index (χ3v) is 11.4. The second-order valence-corrected chi connectivity index (χ2v) is 14.4. The topological polar surface area (TPSA) is 19.6 Å². The van der Waals surface area contributed by atoms with Gasteiger partial charge in [0.2, 0.25) is 0 Å². The highest BCUT2D eigenvalue weighted by Gasteiger charge is 2.39. The Labute approximate surface area is 320 Å². The number of furan rings is 1. The molecule has 0 N–H and O–H groups in total. The molecular weight excluding hydrogens is 669 g/mol. The quantitative estimate of drug-likeness (QED) is 0.172. The fraction of sp³-hybridized carbons (Fsp3) is 0.0385. The van der Waals surface area contributed by atoms with E-state index in [4.69, 9.17) is 4.42 Å². The van der Waals surface area contributed by atoms with Crippen molar-refractivity contribution in [1.82, 2.24) is 0 Å². The zero-order valence-corrected chi connectivity index (χ0v) is 30.1. The van der Waals surface area contributed by atoms with Gasteiger partial charge in [0, 0.05) is 33.8 Å². The van der Waals surface area contributed by atoms with Crippen LogP contribution in [-0.2, 0) is 0 Å². The predicted molar refractivity (Wildman–Crippen MR) is 230 cm³/mol. The Morgan fingerprint density at radius 1 is 0.473 bits per heavy atom. The van der Waals surface area contributed by atoms with Crippen molar-refractivity contribution in [3.63, 3.8) is 0 Å². The highest BCUT2D eigenvalue weighted by molar-refractivity contribution is 6.13. The lowest BCUT2D eigenvalue weighted by atomic mass is 9.87. The third-order valence-electron chi connectivity index (χ3n) is 11.4. The van der Waals surface area contributed by atoms with Crippen LogP contribution in [0.4, 0.5) is 28.4 Å². The van der Waals surface area contributed by atoms with Crippen LogP contribution in [0, 0.1) is 0 Å². The number of fused-ring (bicyclic) bond motifs is 8. The van der Waals surface area contributed by atoms with Gasteiger partial charge in [0.1, 0.15) is 11.2 Å². The standard InChI is InChI=1S/C52H36N2O/c1-3-14-35(15-4-1)36-26-30-39(31-27-36)53(48-23-13-25-50-51(48)44-21-10-12-24-49(44)55-50)40-32-28-37(29-33-40)45-34-46-42-19-9-11-22-47(42)54(38-16-5-2-6-17-38)52(46)43-20-8-7-18-41(43)45/h1-34,42,47H. The SMILES string of the molecule is C1=CC2c3cc(-c4ccc(N(c5ccc(-c6ccccc6)cc5)c5cccc6oc7ccccc7c56)cc4)c4ccccc4c3N(c3ccccc3)C2C=C1. The summed E-state index contributed by atoms with van der Waals surface area (Å²) in [6, 6.07) is 65.7. The molecule has 0 saturated carbocycles. The molecule has 1 aliphatic carbocycles. The van der Waals surface area contributed by atoms with Gasteiger partial charge in [-0.25, -0.2) is 0 Å². The van der Waals surface area contributed by atoms with E-state index in [1.807, 2.05) is 6.07 Å². The van der Waals surface area contributed by atoms with Crippen molar-refractivity contribution < 1.29 is 4.42 Å². The van der Waals surface area contributed by atoms with Crippen molar-refractivity contribution in [2.75, 3.05) is 9.80 Å². The van der Waals surface area contributed by atoms with Crippen LogP contribution in [0.3, 0.4) is 0 Å². The summed E-state index contributed by atoms with van der Waals surface area (Å²) in [5.41, 5.74) is 13.7. The lowest BCUT2D eigenvalue weighted by Gasteiger charge is -2.29. The Morgan fingerprint density at radius 3 is 1.84 bits per heavy atom. The summed E-state index contributed by atoms with van der Waals surface area (Å²) in [7, 11) is 0. The molecule has 0 saturated heterocycles. The number of rotatable bonds is 6. The molecule has 0 fully saturated rings. The van der Waals surface area contributed by atoms with E-state index in [-0.39, 0.29) is 12.0 Å². The van der Waals surface area contributed by atoms with Crippen LogP contribution in [-0.4, -0.2) is 6.04 Å². The van der Waals surface area contributed by atoms with Crippen molar-refractivity contribution in [1.29, 1.82) is 0 Å². The smallest absolute Gasteiger partial charge is 0.137 e. The molecule has 260 valence electrons. The van der Waals surface area contributed by atoms with E-state index in [0.717, 1.165) is 39.0 Å². The zero-order chi connectivity index (χ0) is 36.3. The first kappa shape index (κ1) is 31.4. The fourth-order valence-corrected chi connectivity index (χ4v) is 8.91. The van der Waals surface area contributed by atoms with E-state index in [2.05, 4.69) is 210 Å². The van der Waals surface area contributed by atoms with Gasteiger partial charge in [0.25, 0.3) is 0 Å². The second kappa shape index (κ2) is 12.8. The molecule has 2 heterocycles. The molecule has 3 nitrogen and oxygen atoms in total. The Kier molecular flexibility index (Phi) is 7.31. The van der Waals surface area contributed by atoms with Gasteiger partial charge in [-0.05, 0) is 93.9 Å². The van der Waals surface area contributed by atoms with E-state index in [9.17, 15) is 0 Å². The first-order chi connectivity index (χ1) is 27.3. The zero-order valence-electron chi connectivity index (χ0n) is 30.1. The van der Waals surface area contributed by atoms with Crippen molar-refractivity contribution >= 4 is 61.1 Å². The monoisotopic (exact) mass is 704 g/mol. The van der Waals surface area contributed by atoms with Crippen molar-refractivity contribution in [3.05, 3.63) is 212 Å². The predicted octanol–water partition coefficient (Wildman–Crippen LogP) is 14.3. The lowest BCUT2D eigenvalue weighted by molar-refractivity contribution is 0.669. The minimum Gasteiger partial charge on any atom is -0.456 e. The lowest BCUT2D eigenvalue weighted by Crippen LogP contribution is -2.28. The molecular formula is C52H36N2O. The molecule has 1 aromatic heterocycles. The molecule has 11 rings (SSSR count). The maximum absolute atomic E-state index is 6.38. The first-order valence-corrected chi connectivity index (χ1v) is 19.0. The molecule has 0 spiro atoms. The molecule has 8 aromatic carbocycles. The number of allylic oxidation sites excluding steroid dienone is 2. The van der Waals surface area contributed by atoms with Gasteiger partial charge in [-0.3, -0.25) is 0 Å². The van der Waals surface area contributed by atoms with Gasteiger partial charge < -0.3 is 14.2 Å². The summed E-state index contributed by atoms with van der Waals surface area (Å²) in [4.78, 5) is 4.90. The van der Waals surface area contributed by atoms with E-state index >= 15 is 0 Å². The van der Waals surface area contributed by atoms with Crippen LogP contribution in [0.15, 0.2) is 211 Å². The summed E-state index contributed by atoms with van der Waals surface area (Å²) in [5.74, 6) is 0.266. The largest absolute Gasteiger partial charge is 0.456 e. The fourth-order valence-electron chi connectivity index (χ4n) is 8.91. The highest BCUT2D eigenvalue weighted by atomic mass is 16.3. The maximum Gasteiger partial charge on any atom is 0.137 e. The molecule has 0 bridgehead atoms. The number of nitrogens with zero attached hydrogens (tertiary/aromatic N) is 2. The number of hydrogen-bond donors (Lipinski definition) is 0. The Hall–Kier alpha value is -7.10. The summed E-state index contributed by atoms with van der Waals surface area (Å²) in [6.07, 6.45) is 9.12. The third kappa shape index (κ3) is 5.12. The van der Waals surface area contributed by atoms with Crippen LogP contribution in [0.5, 0.6) is 0 Å².